The molecule has 158 valence electrons. The summed E-state index contributed by atoms with van der Waals surface area (Å²) in [7, 11) is 0. The van der Waals surface area contributed by atoms with Crippen LogP contribution in [-0.4, -0.2) is 28.5 Å². The predicted molar refractivity (Wildman–Crippen MR) is 118 cm³/mol. The zero-order chi connectivity index (χ0) is 22.5. The smallest absolute Gasteiger partial charge is 0.341 e. The van der Waals surface area contributed by atoms with Crippen LogP contribution >= 0.6 is 11.3 Å². The number of fused-ring (bicyclic) bond motifs is 1. The molecule has 0 aliphatic rings. The number of benzene rings is 1. The molecule has 2 amide bonds. The van der Waals surface area contributed by atoms with Crippen LogP contribution < -0.4 is 11.1 Å². The number of para-hydroxylation sites is 1. The van der Waals surface area contributed by atoms with E-state index in [1.54, 1.807) is 36.1 Å². The van der Waals surface area contributed by atoms with E-state index in [2.05, 4.69) is 5.32 Å². The SMILES string of the molecule is CC(C)OC(=O)c1ccsc1NC(=O)/C(C#N)=C/c1cn(CC(N)=O)c2ccccc12. The summed E-state index contributed by atoms with van der Waals surface area (Å²) in [5.74, 6) is -1.72. The fraction of sp³-hybridized carbons (Fsp3) is 0.182. The van der Waals surface area contributed by atoms with E-state index in [4.69, 9.17) is 10.5 Å². The van der Waals surface area contributed by atoms with Gasteiger partial charge >= 0.3 is 5.97 Å². The normalized spacial score (nSPS) is 11.4. The van der Waals surface area contributed by atoms with Crippen molar-refractivity contribution < 1.29 is 19.1 Å². The fourth-order valence-electron chi connectivity index (χ4n) is 3.01. The quantitative estimate of drug-likeness (QED) is 0.334. The fourth-order valence-corrected chi connectivity index (χ4v) is 3.78. The van der Waals surface area contributed by atoms with Crippen LogP contribution in [0.4, 0.5) is 5.00 Å². The lowest BCUT2D eigenvalue weighted by atomic mass is 10.1. The maximum atomic E-state index is 12.7. The van der Waals surface area contributed by atoms with Crippen molar-refractivity contribution in [2.24, 2.45) is 5.73 Å². The van der Waals surface area contributed by atoms with E-state index >= 15 is 0 Å². The first-order chi connectivity index (χ1) is 14.8. The summed E-state index contributed by atoms with van der Waals surface area (Å²) >= 11 is 1.16. The number of esters is 1. The Hall–Kier alpha value is -3.90. The Balaban J connectivity index is 1.91. The van der Waals surface area contributed by atoms with E-state index in [0.29, 0.717) is 10.6 Å². The van der Waals surface area contributed by atoms with Crippen molar-refractivity contribution in [3.8, 4) is 6.07 Å². The van der Waals surface area contributed by atoms with Gasteiger partial charge in [-0.3, -0.25) is 9.59 Å². The van der Waals surface area contributed by atoms with Gasteiger partial charge in [0, 0.05) is 22.7 Å². The average molecular weight is 436 g/mol. The number of nitrogens with two attached hydrogens (primary N) is 1. The second-order valence-electron chi connectivity index (χ2n) is 6.94. The number of amides is 2. The van der Waals surface area contributed by atoms with Crippen molar-refractivity contribution in [3.63, 3.8) is 0 Å². The Morgan fingerprint density at radius 1 is 1.29 bits per heavy atom. The Morgan fingerprint density at radius 2 is 2.03 bits per heavy atom. The van der Waals surface area contributed by atoms with E-state index in [1.807, 2.05) is 30.3 Å². The third kappa shape index (κ3) is 4.99. The van der Waals surface area contributed by atoms with Gasteiger partial charge in [-0.1, -0.05) is 18.2 Å². The number of nitrogens with zero attached hydrogens (tertiary/aromatic N) is 2. The summed E-state index contributed by atoms with van der Waals surface area (Å²) in [6.07, 6.45) is 2.80. The molecule has 8 nitrogen and oxygen atoms in total. The number of hydrogen-bond donors (Lipinski definition) is 2. The molecule has 0 aliphatic heterocycles. The van der Waals surface area contributed by atoms with Crippen LogP contribution in [0.1, 0.15) is 29.8 Å². The average Bonchev–Trinajstić information content (AvgIpc) is 3.30. The number of carbonyl (C=O) groups is 3. The second-order valence-corrected chi connectivity index (χ2v) is 7.85. The standard InChI is InChI=1S/C22H20N4O4S/c1-13(2)30-22(29)17-7-8-31-21(17)25-20(28)14(10-23)9-15-11-26(12-19(24)27)18-6-4-3-5-16(15)18/h3-9,11,13H,12H2,1-2H3,(H2,24,27)(H,25,28)/b14-9+. The molecule has 0 fully saturated rings. The lowest BCUT2D eigenvalue weighted by Gasteiger charge is -2.09. The molecule has 0 saturated heterocycles. The highest BCUT2D eigenvalue weighted by molar-refractivity contribution is 7.14. The first-order valence-electron chi connectivity index (χ1n) is 9.38. The highest BCUT2D eigenvalue weighted by Gasteiger charge is 2.19. The van der Waals surface area contributed by atoms with Gasteiger partial charge < -0.3 is 20.4 Å². The number of anilines is 1. The van der Waals surface area contributed by atoms with E-state index in [0.717, 1.165) is 22.2 Å². The second kappa shape index (κ2) is 9.28. The zero-order valence-corrected chi connectivity index (χ0v) is 17.7. The minimum Gasteiger partial charge on any atom is -0.459 e. The molecular weight excluding hydrogens is 416 g/mol. The minimum absolute atomic E-state index is 0.0288. The van der Waals surface area contributed by atoms with E-state index in [1.165, 1.54) is 6.08 Å². The van der Waals surface area contributed by atoms with Crippen molar-refractivity contribution in [1.29, 1.82) is 5.26 Å². The summed E-state index contributed by atoms with van der Waals surface area (Å²) in [5.41, 5.74) is 6.73. The lowest BCUT2D eigenvalue weighted by Crippen LogP contribution is -2.18. The lowest BCUT2D eigenvalue weighted by molar-refractivity contribution is -0.118. The number of ether oxygens (including phenoxy) is 1. The van der Waals surface area contributed by atoms with Crippen molar-refractivity contribution in [3.05, 3.63) is 58.6 Å². The first-order valence-corrected chi connectivity index (χ1v) is 10.3. The number of nitriles is 1. The molecule has 2 aromatic heterocycles. The van der Waals surface area contributed by atoms with Crippen LogP contribution in [0.15, 0.2) is 47.5 Å². The summed E-state index contributed by atoms with van der Waals surface area (Å²) in [6.45, 7) is 3.43. The van der Waals surface area contributed by atoms with Crippen LogP contribution in [0, 0.1) is 11.3 Å². The van der Waals surface area contributed by atoms with E-state index in [-0.39, 0.29) is 23.8 Å². The van der Waals surface area contributed by atoms with Gasteiger partial charge in [0.15, 0.2) is 0 Å². The molecule has 3 rings (SSSR count). The van der Waals surface area contributed by atoms with Crippen molar-refractivity contribution in [2.75, 3.05) is 5.32 Å². The van der Waals surface area contributed by atoms with Crippen molar-refractivity contribution >= 4 is 51.1 Å². The molecule has 9 heteroatoms. The molecule has 0 bridgehead atoms. The van der Waals surface area contributed by atoms with Gasteiger partial charge in [0.05, 0.1) is 11.7 Å². The van der Waals surface area contributed by atoms with E-state index in [9.17, 15) is 19.6 Å². The molecule has 0 radical (unpaired) electrons. The van der Waals surface area contributed by atoms with Crippen LogP contribution in [-0.2, 0) is 20.9 Å². The third-order valence-corrected chi connectivity index (χ3v) is 5.10. The van der Waals surface area contributed by atoms with Gasteiger partial charge in [-0.15, -0.1) is 11.3 Å². The Labute approximate surface area is 182 Å². The highest BCUT2D eigenvalue weighted by atomic mass is 32.1. The minimum atomic E-state index is -0.657. The molecule has 0 aliphatic carbocycles. The molecule has 0 unspecified atom stereocenters. The molecule has 0 spiro atoms. The predicted octanol–water partition coefficient (Wildman–Crippen LogP) is 3.30. The summed E-state index contributed by atoms with van der Waals surface area (Å²) in [5, 5.41) is 14.9. The van der Waals surface area contributed by atoms with Gasteiger partial charge in [-0.05, 0) is 37.4 Å². The first kappa shape index (κ1) is 21.8. The Bertz CT molecular complexity index is 1230. The van der Waals surface area contributed by atoms with Gasteiger partial charge in [-0.25, -0.2) is 4.79 Å². The maximum absolute atomic E-state index is 12.7. The maximum Gasteiger partial charge on any atom is 0.341 e. The van der Waals surface area contributed by atoms with Crippen LogP contribution in [0.5, 0.6) is 0 Å². The number of primary amides is 1. The van der Waals surface area contributed by atoms with Gasteiger partial charge in [0.1, 0.15) is 23.2 Å². The van der Waals surface area contributed by atoms with E-state index < -0.39 is 17.8 Å². The molecule has 3 N–H and O–H groups in total. The Kier molecular flexibility index (Phi) is 6.52. The van der Waals surface area contributed by atoms with Gasteiger partial charge in [-0.2, -0.15) is 5.26 Å². The zero-order valence-electron chi connectivity index (χ0n) is 16.9. The summed E-state index contributed by atoms with van der Waals surface area (Å²) in [4.78, 5) is 36.3. The van der Waals surface area contributed by atoms with Crippen molar-refractivity contribution in [1.82, 2.24) is 4.57 Å². The number of rotatable bonds is 7. The largest absolute Gasteiger partial charge is 0.459 e. The molecule has 3 aromatic rings. The number of nitrogens with one attached hydrogen (secondary N) is 1. The Morgan fingerprint density at radius 3 is 2.71 bits per heavy atom. The highest BCUT2D eigenvalue weighted by Crippen LogP contribution is 2.27. The number of hydrogen-bond acceptors (Lipinski definition) is 6. The van der Waals surface area contributed by atoms with Crippen LogP contribution in [0.25, 0.3) is 17.0 Å². The van der Waals surface area contributed by atoms with Crippen LogP contribution in [0.2, 0.25) is 0 Å². The molecule has 2 heterocycles. The summed E-state index contributed by atoms with van der Waals surface area (Å²) in [6, 6.07) is 10.7. The molecule has 1 aromatic carbocycles. The van der Waals surface area contributed by atoms with Crippen LogP contribution in [0.3, 0.4) is 0 Å². The molecule has 0 saturated carbocycles. The number of thiophene rings is 1. The monoisotopic (exact) mass is 436 g/mol. The number of aromatic nitrogens is 1. The van der Waals surface area contributed by atoms with Gasteiger partial charge in [0.25, 0.3) is 5.91 Å². The van der Waals surface area contributed by atoms with Gasteiger partial charge in [0.2, 0.25) is 5.91 Å². The number of carbonyl (C=O) groups excluding carboxylic acids is 3. The topological polar surface area (TPSA) is 127 Å². The molecular formula is C22H20N4O4S. The van der Waals surface area contributed by atoms with Crippen molar-refractivity contribution in [2.45, 2.75) is 26.5 Å². The third-order valence-electron chi connectivity index (χ3n) is 4.27. The molecule has 31 heavy (non-hydrogen) atoms. The summed E-state index contributed by atoms with van der Waals surface area (Å²) < 4.78 is 6.84. The molecule has 0 atom stereocenters.